The molecule has 2 heterocycles. The summed E-state index contributed by atoms with van der Waals surface area (Å²) in [5, 5.41) is 13.5. The van der Waals surface area contributed by atoms with E-state index in [2.05, 4.69) is 15.0 Å². The van der Waals surface area contributed by atoms with Gasteiger partial charge < -0.3 is 9.73 Å². The molecule has 0 saturated carbocycles. The van der Waals surface area contributed by atoms with Gasteiger partial charge in [0, 0.05) is 28.5 Å². The van der Waals surface area contributed by atoms with Crippen LogP contribution in [0.3, 0.4) is 0 Å². The molecule has 0 aliphatic heterocycles. The van der Waals surface area contributed by atoms with Crippen LogP contribution in [0.15, 0.2) is 45.9 Å². The first-order valence-corrected chi connectivity index (χ1v) is 10.5. The van der Waals surface area contributed by atoms with Crippen LogP contribution in [-0.2, 0) is 21.4 Å². The van der Waals surface area contributed by atoms with Gasteiger partial charge in [-0.2, -0.15) is 0 Å². The van der Waals surface area contributed by atoms with Crippen molar-refractivity contribution in [3.05, 3.63) is 57.8 Å². The number of nitro benzene ring substituents is 1. The molecule has 0 saturated heterocycles. The van der Waals surface area contributed by atoms with Gasteiger partial charge in [-0.15, -0.1) is 0 Å². The number of hydrogen-bond donors (Lipinski definition) is 2. The summed E-state index contributed by atoms with van der Waals surface area (Å²) < 4.78 is 32.8. The molecule has 12 heteroatoms. The summed E-state index contributed by atoms with van der Waals surface area (Å²) in [6.07, 6.45) is 0. The van der Waals surface area contributed by atoms with Gasteiger partial charge in [0.1, 0.15) is 5.76 Å². The van der Waals surface area contributed by atoms with E-state index in [4.69, 9.17) is 4.42 Å². The number of nitrogens with one attached hydrogen (secondary N) is 2. The fourth-order valence-corrected chi connectivity index (χ4v) is 4.37. The maximum Gasteiger partial charge on any atom is 0.274 e. The zero-order valence-electron chi connectivity index (χ0n) is 15.3. The number of furan rings is 1. The number of thiazole rings is 1. The molecule has 0 unspecified atom stereocenters. The zero-order chi connectivity index (χ0) is 21.2. The van der Waals surface area contributed by atoms with E-state index in [1.807, 2.05) is 0 Å². The van der Waals surface area contributed by atoms with E-state index in [0.29, 0.717) is 27.0 Å². The highest BCUT2D eigenvalue weighted by molar-refractivity contribution is 7.89. The average molecular weight is 441 g/mol. The van der Waals surface area contributed by atoms with Gasteiger partial charge in [-0.25, -0.2) is 18.1 Å². The number of amides is 1. The third-order valence-corrected chi connectivity index (χ3v) is 6.10. The molecule has 0 radical (unpaired) electrons. The van der Waals surface area contributed by atoms with Gasteiger partial charge in [0.15, 0.2) is 5.13 Å². The Hall–Kier alpha value is -3.09. The summed E-state index contributed by atoms with van der Waals surface area (Å²) in [6.45, 7) is 2.95. The first-order valence-electron chi connectivity index (χ1n) is 8.24. The average Bonchev–Trinajstić information content (AvgIpc) is 3.27. The van der Waals surface area contributed by atoms with Crippen molar-refractivity contribution < 1.29 is 25.4 Å². The standard InChI is InChI=1S/C17H16N4O6S2.2H2/c1-10-16(28-17(19-10)20-11(2)22)14-6-7-15(27-14)29(25,26)18-9-12-4-3-5-13(8-12)21(23)24;;/h3-8,18H,9H2,1-2H3,(H,19,20,22);2*1H. The highest BCUT2D eigenvalue weighted by atomic mass is 32.2. The van der Waals surface area contributed by atoms with Crippen LogP contribution in [0.25, 0.3) is 10.6 Å². The highest BCUT2D eigenvalue weighted by Crippen LogP contribution is 2.34. The largest absolute Gasteiger partial charge is 0.442 e. The molecule has 0 bridgehead atoms. The normalized spacial score (nSPS) is 11.4. The Morgan fingerprint density at radius 3 is 2.79 bits per heavy atom. The van der Waals surface area contributed by atoms with Crippen LogP contribution in [0.2, 0.25) is 0 Å². The molecule has 156 valence electrons. The lowest BCUT2D eigenvalue weighted by Gasteiger charge is -2.04. The van der Waals surface area contributed by atoms with Gasteiger partial charge >= 0.3 is 0 Å². The summed E-state index contributed by atoms with van der Waals surface area (Å²) in [5.41, 5.74) is 0.895. The molecule has 0 aliphatic rings. The number of anilines is 1. The van der Waals surface area contributed by atoms with E-state index in [1.165, 1.54) is 37.3 Å². The van der Waals surface area contributed by atoms with Crippen LogP contribution in [-0.4, -0.2) is 24.2 Å². The maximum atomic E-state index is 12.5. The van der Waals surface area contributed by atoms with E-state index in [9.17, 15) is 23.3 Å². The molecular weight excluding hydrogens is 420 g/mol. The van der Waals surface area contributed by atoms with Crippen molar-refractivity contribution in [3.63, 3.8) is 0 Å². The Labute approximate surface area is 172 Å². The number of nitrogens with zero attached hydrogens (tertiary/aromatic N) is 2. The molecule has 29 heavy (non-hydrogen) atoms. The first kappa shape index (κ1) is 20.6. The van der Waals surface area contributed by atoms with Gasteiger partial charge in [0.2, 0.25) is 11.0 Å². The molecule has 1 aromatic carbocycles. The third kappa shape index (κ3) is 4.85. The quantitative estimate of drug-likeness (QED) is 0.422. The summed E-state index contributed by atoms with van der Waals surface area (Å²) in [5.74, 6) is 0.0330. The van der Waals surface area contributed by atoms with Crippen LogP contribution >= 0.6 is 11.3 Å². The van der Waals surface area contributed by atoms with Crippen molar-refractivity contribution >= 4 is 38.1 Å². The Kier molecular flexibility index (Phi) is 5.77. The van der Waals surface area contributed by atoms with E-state index in [0.717, 1.165) is 11.3 Å². The van der Waals surface area contributed by atoms with Gasteiger partial charge in [0.05, 0.1) is 15.5 Å². The van der Waals surface area contributed by atoms with Gasteiger partial charge in [-0.05, 0) is 24.6 Å². The van der Waals surface area contributed by atoms with Crippen LogP contribution in [0, 0.1) is 17.0 Å². The number of benzene rings is 1. The number of nitro groups is 1. The fraction of sp³-hybridized carbons (Fsp3) is 0.176. The van der Waals surface area contributed by atoms with Crippen LogP contribution in [0.1, 0.15) is 21.0 Å². The monoisotopic (exact) mass is 440 g/mol. The molecular formula is C17H20N4O6S2. The number of hydrogen-bond acceptors (Lipinski definition) is 8. The summed E-state index contributed by atoms with van der Waals surface area (Å²) in [4.78, 5) is 26.2. The lowest BCUT2D eigenvalue weighted by molar-refractivity contribution is -0.384. The number of rotatable bonds is 7. The van der Waals surface area contributed by atoms with Crippen molar-refractivity contribution in [2.75, 3.05) is 5.32 Å². The molecule has 2 aromatic heterocycles. The third-order valence-electron chi connectivity index (χ3n) is 3.74. The number of carbonyl (C=O) groups excluding carboxylic acids is 1. The number of aryl methyl sites for hydroxylation is 1. The first-order chi connectivity index (χ1) is 13.7. The second-order valence-electron chi connectivity index (χ2n) is 5.98. The van der Waals surface area contributed by atoms with Crippen molar-refractivity contribution in [1.29, 1.82) is 0 Å². The molecule has 3 aromatic rings. The van der Waals surface area contributed by atoms with E-state index < -0.39 is 14.9 Å². The number of carbonyl (C=O) groups is 1. The lowest BCUT2D eigenvalue weighted by Crippen LogP contribution is -2.22. The smallest absolute Gasteiger partial charge is 0.274 e. The Bertz CT molecular complexity index is 1190. The number of aromatic nitrogens is 1. The maximum absolute atomic E-state index is 12.5. The second kappa shape index (κ2) is 8.11. The molecule has 0 fully saturated rings. The van der Waals surface area contributed by atoms with Crippen molar-refractivity contribution in [2.45, 2.75) is 25.5 Å². The minimum atomic E-state index is -3.98. The van der Waals surface area contributed by atoms with Crippen LogP contribution in [0.4, 0.5) is 10.8 Å². The summed E-state index contributed by atoms with van der Waals surface area (Å²) >= 11 is 1.16. The SMILES string of the molecule is CC(=O)Nc1nc(C)c(-c2ccc(S(=O)(=O)NCc3cccc([N+](=O)[O-])c3)o2)s1.[HH].[HH]. The van der Waals surface area contributed by atoms with Crippen molar-refractivity contribution in [3.8, 4) is 10.6 Å². The second-order valence-corrected chi connectivity index (χ2v) is 8.68. The number of sulfonamides is 1. The summed E-state index contributed by atoms with van der Waals surface area (Å²) in [6, 6.07) is 8.48. The highest BCUT2D eigenvalue weighted by Gasteiger charge is 2.21. The molecule has 1 amide bonds. The Morgan fingerprint density at radius 1 is 1.34 bits per heavy atom. The molecule has 10 nitrogen and oxygen atoms in total. The van der Waals surface area contributed by atoms with Gasteiger partial charge in [0.25, 0.3) is 15.7 Å². The summed E-state index contributed by atoms with van der Waals surface area (Å²) in [7, 11) is -3.98. The van der Waals surface area contributed by atoms with Gasteiger partial charge in [-0.3, -0.25) is 14.9 Å². The van der Waals surface area contributed by atoms with E-state index >= 15 is 0 Å². The Morgan fingerprint density at radius 2 is 2.10 bits per heavy atom. The minimum Gasteiger partial charge on any atom is -0.442 e. The van der Waals surface area contributed by atoms with Crippen molar-refractivity contribution in [2.24, 2.45) is 0 Å². The number of non-ortho nitro benzene ring substituents is 1. The molecule has 0 aliphatic carbocycles. The van der Waals surface area contributed by atoms with Crippen molar-refractivity contribution in [1.82, 2.24) is 9.71 Å². The lowest BCUT2D eigenvalue weighted by atomic mass is 10.2. The zero-order valence-corrected chi connectivity index (χ0v) is 17.0. The van der Waals surface area contributed by atoms with Gasteiger partial charge in [-0.1, -0.05) is 23.5 Å². The fourth-order valence-electron chi connectivity index (χ4n) is 2.45. The van der Waals surface area contributed by atoms with E-state index in [-0.39, 0.29) is 26.1 Å². The molecule has 3 rings (SSSR count). The molecule has 2 N–H and O–H groups in total. The van der Waals surface area contributed by atoms with Crippen LogP contribution < -0.4 is 10.0 Å². The van der Waals surface area contributed by atoms with E-state index in [1.54, 1.807) is 13.0 Å². The topological polar surface area (TPSA) is 144 Å². The molecule has 0 spiro atoms. The molecule has 0 atom stereocenters. The predicted octanol–water partition coefficient (Wildman–Crippen LogP) is 3.55. The minimum absolute atomic E-state index is 0. The predicted molar refractivity (Wildman–Crippen MR) is 110 cm³/mol. The van der Waals surface area contributed by atoms with Crippen LogP contribution in [0.5, 0.6) is 0 Å². The Balaban J connectivity index is 0.00000240.